The number of hydrogen-bond acceptors (Lipinski definition) is 4. The minimum atomic E-state index is -4.04. The zero-order valence-electron chi connectivity index (χ0n) is 9.76. The fourth-order valence-corrected chi connectivity index (χ4v) is 2.93. The average molecular weight is 335 g/mol. The maximum atomic E-state index is 12.0. The normalized spacial score (nSPS) is 11.3. The zero-order chi connectivity index (χ0) is 14.8. The van der Waals surface area contributed by atoms with E-state index in [4.69, 9.17) is 27.6 Å². The standard InChI is InChI=1S/C11H8Cl2N2O4S/c12-7-3-1-5-9(10(7)13)20(17,18)15-14-11(16)8-4-2-6-19-8/h1-6,15H,(H,14,16). The van der Waals surface area contributed by atoms with Crippen LogP contribution in [-0.2, 0) is 10.0 Å². The molecule has 1 amide bonds. The van der Waals surface area contributed by atoms with Gasteiger partial charge in [-0.05, 0) is 24.3 Å². The predicted molar refractivity (Wildman–Crippen MR) is 73.0 cm³/mol. The van der Waals surface area contributed by atoms with Crippen molar-refractivity contribution in [2.45, 2.75) is 4.90 Å². The summed E-state index contributed by atoms with van der Waals surface area (Å²) in [6.07, 6.45) is 1.29. The molecule has 1 heterocycles. The lowest BCUT2D eigenvalue weighted by Gasteiger charge is -2.09. The van der Waals surface area contributed by atoms with Gasteiger partial charge in [0, 0.05) is 0 Å². The summed E-state index contributed by atoms with van der Waals surface area (Å²) in [6.45, 7) is 0. The second-order valence-corrected chi connectivity index (χ2v) is 6.02. The van der Waals surface area contributed by atoms with E-state index in [0.717, 1.165) is 0 Å². The molecule has 2 aromatic rings. The van der Waals surface area contributed by atoms with E-state index in [-0.39, 0.29) is 20.7 Å². The maximum Gasteiger partial charge on any atom is 0.301 e. The molecule has 0 fully saturated rings. The van der Waals surface area contributed by atoms with Crippen molar-refractivity contribution in [2.24, 2.45) is 0 Å². The van der Waals surface area contributed by atoms with Crippen molar-refractivity contribution in [2.75, 3.05) is 0 Å². The van der Waals surface area contributed by atoms with Crippen LogP contribution in [0.25, 0.3) is 0 Å². The van der Waals surface area contributed by atoms with Gasteiger partial charge in [-0.2, -0.15) is 0 Å². The minimum absolute atomic E-state index is 0.0371. The Kier molecular flexibility index (Phi) is 4.34. The van der Waals surface area contributed by atoms with Crippen LogP contribution in [0.2, 0.25) is 10.0 Å². The van der Waals surface area contributed by atoms with Gasteiger partial charge in [0.1, 0.15) is 4.90 Å². The Morgan fingerprint density at radius 3 is 2.55 bits per heavy atom. The molecule has 2 N–H and O–H groups in total. The Morgan fingerprint density at radius 1 is 1.15 bits per heavy atom. The highest BCUT2D eigenvalue weighted by Gasteiger charge is 2.20. The van der Waals surface area contributed by atoms with Gasteiger partial charge in [-0.1, -0.05) is 29.3 Å². The molecule has 1 aromatic carbocycles. The highest BCUT2D eigenvalue weighted by atomic mass is 35.5. The maximum absolute atomic E-state index is 12.0. The number of hydrazine groups is 1. The average Bonchev–Trinajstić information content (AvgIpc) is 2.93. The third-order valence-electron chi connectivity index (χ3n) is 2.25. The van der Waals surface area contributed by atoms with Crippen molar-refractivity contribution in [3.63, 3.8) is 0 Å². The summed E-state index contributed by atoms with van der Waals surface area (Å²) in [5, 5.41) is -0.0409. The first-order chi connectivity index (χ1) is 9.42. The number of hydrogen-bond donors (Lipinski definition) is 2. The number of sulfonamides is 1. The summed E-state index contributed by atoms with van der Waals surface area (Å²) in [4.78, 5) is 13.2. The molecule has 0 saturated heterocycles. The molecule has 0 aliphatic heterocycles. The number of carbonyl (C=O) groups is 1. The van der Waals surface area contributed by atoms with Gasteiger partial charge in [-0.25, -0.2) is 8.42 Å². The quantitative estimate of drug-likeness (QED) is 0.839. The highest BCUT2D eigenvalue weighted by Crippen LogP contribution is 2.28. The van der Waals surface area contributed by atoms with Crippen LogP contribution in [0.15, 0.2) is 45.9 Å². The first-order valence-corrected chi connectivity index (χ1v) is 7.45. The molecule has 0 bridgehead atoms. The van der Waals surface area contributed by atoms with E-state index >= 15 is 0 Å². The van der Waals surface area contributed by atoms with Gasteiger partial charge in [0.25, 0.3) is 10.0 Å². The Bertz CT molecular complexity index is 729. The van der Waals surface area contributed by atoms with E-state index in [1.165, 1.54) is 36.6 Å². The Morgan fingerprint density at radius 2 is 1.90 bits per heavy atom. The lowest BCUT2D eigenvalue weighted by atomic mass is 10.4. The molecule has 20 heavy (non-hydrogen) atoms. The molecule has 0 unspecified atom stereocenters. The first kappa shape index (κ1) is 14.9. The van der Waals surface area contributed by atoms with E-state index in [1.807, 2.05) is 10.3 Å². The summed E-state index contributed by atoms with van der Waals surface area (Å²) in [6, 6.07) is 7.02. The third-order valence-corrected chi connectivity index (χ3v) is 4.47. The molecular formula is C11H8Cl2N2O4S. The number of amides is 1. The van der Waals surface area contributed by atoms with E-state index in [9.17, 15) is 13.2 Å². The van der Waals surface area contributed by atoms with E-state index in [0.29, 0.717) is 0 Å². The Balaban J connectivity index is 2.16. The van der Waals surface area contributed by atoms with Gasteiger partial charge < -0.3 is 4.42 Å². The van der Waals surface area contributed by atoms with E-state index in [1.54, 1.807) is 0 Å². The SMILES string of the molecule is O=C(NNS(=O)(=O)c1cccc(Cl)c1Cl)c1ccco1. The molecule has 0 radical (unpaired) electrons. The van der Waals surface area contributed by atoms with Crippen molar-refractivity contribution in [1.82, 2.24) is 10.3 Å². The zero-order valence-corrected chi connectivity index (χ0v) is 12.1. The van der Waals surface area contributed by atoms with Crippen LogP contribution in [-0.4, -0.2) is 14.3 Å². The molecule has 9 heteroatoms. The number of furan rings is 1. The van der Waals surface area contributed by atoms with E-state index < -0.39 is 15.9 Å². The van der Waals surface area contributed by atoms with Gasteiger partial charge in [0.15, 0.2) is 5.76 Å². The second kappa shape index (κ2) is 5.84. The van der Waals surface area contributed by atoms with Gasteiger partial charge in [-0.15, -0.1) is 4.83 Å². The van der Waals surface area contributed by atoms with Crippen LogP contribution >= 0.6 is 23.2 Å². The van der Waals surface area contributed by atoms with Gasteiger partial charge >= 0.3 is 5.91 Å². The molecular weight excluding hydrogens is 327 g/mol. The predicted octanol–water partition coefficient (Wildman–Crippen LogP) is 2.21. The molecule has 0 aliphatic carbocycles. The molecule has 1 aromatic heterocycles. The summed E-state index contributed by atoms with van der Waals surface area (Å²) in [7, 11) is -4.04. The van der Waals surface area contributed by atoms with Crippen LogP contribution < -0.4 is 10.3 Å². The first-order valence-electron chi connectivity index (χ1n) is 5.21. The van der Waals surface area contributed by atoms with Crippen molar-refractivity contribution in [3.05, 3.63) is 52.4 Å². The van der Waals surface area contributed by atoms with Crippen LogP contribution in [0.1, 0.15) is 10.6 Å². The number of carbonyl (C=O) groups excluding carboxylic acids is 1. The fourth-order valence-electron chi connectivity index (χ4n) is 1.33. The monoisotopic (exact) mass is 334 g/mol. The lowest BCUT2D eigenvalue weighted by molar-refractivity contribution is 0.0917. The second-order valence-electron chi connectivity index (χ2n) is 3.59. The van der Waals surface area contributed by atoms with Gasteiger partial charge in [0.05, 0.1) is 16.3 Å². The van der Waals surface area contributed by atoms with Crippen molar-refractivity contribution in [3.8, 4) is 0 Å². The van der Waals surface area contributed by atoms with Crippen LogP contribution in [0.4, 0.5) is 0 Å². The van der Waals surface area contributed by atoms with Crippen LogP contribution in [0, 0.1) is 0 Å². The molecule has 106 valence electrons. The fraction of sp³-hybridized carbons (Fsp3) is 0. The number of nitrogens with one attached hydrogen (secondary N) is 2. The summed E-state index contributed by atoms with van der Waals surface area (Å²) >= 11 is 11.5. The van der Waals surface area contributed by atoms with Crippen molar-refractivity contribution in [1.29, 1.82) is 0 Å². The third kappa shape index (κ3) is 3.13. The Labute approximate surface area is 124 Å². The summed E-state index contributed by atoms with van der Waals surface area (Å²) in [5.41, 5.74) is 2.00. The minimum Gasteiger partial charge on any atom is -0.459 e. The molecule has 0 spiro atoms. The van der Waals surface area contributed by atoms with Crippen molar-refractivity contribution >= 4 is 39.1 Å². The van der Waals surface area contributed by atoms with Crippen LogP contribution in [0.3, 0.4) is 0 Å². The summed E-state index contributed by atoms with van der Waals surface area (Å²) in [5.74, 6) is -0.776. The highest BCUT2D eigenvalue weighted by molar-refractivity contribution is 7.89. The smallest absolute Gasteiger partial charge is 0.301 e. The molecule has 0 aliphatic rings. The lowest BCUT2D eigenvalue weighted by Crippen LogP contribution is -2.41. The largest absolute Gasteiger partial charge is 0.459 e. The summed E-state index contributed by atoms with van der Waals surface area (Å²) < 4.78 is 28.8. The molecule has 0 saturated carbocycles. The van der Waals surface area contributed by atoms with Crippen molar-refractivity contribution < 1.29 is 17.6 Å². The van der Waals surface area contributed by atoms with E-state index in [2.05, 4.69) is 0 Å². The van der Waals surface area contributed by atoms with Crippen LogP contribution in [0.5, 0.6) is 0 Å². The number of benzene rings is 1. The van der Waals surface area contributed by atoms with Gasteiger partial charge in [-0.3, -0.25) is 10.2 Å². The number of halogens is 2. The molecule has 2 rings (SSSR count). The number of rotatable bonds is 4. The van der Waals surface area contributed by atoms with Gasteiger partial charge in [0.2, 0.25) is 0 Å². The molecule has 0 atom stereocenters. The molecule has 6 nitrogen and oxygen atoms in total. The topological polar surface area (TPSA) is 88.4 Å². The Hall–Kier alpha value is -1.54.